The lowest BCUT2D eigenvalue weighted by Crippen LogP contribution is -2.41. The Hall–Kier alpha value is -2.08. The second kappa shape index (κ2) is 7.21. The normalized spacial score (nSPS) is 18.0. The molecule has 1 atom stereocenters. The van der Waals surface area contributed by atoms with Crippen LogP contribution < -0.4 is 5.32 Å². The van der Waals surface area contributed by atoms with E-state index in [1.807, 2.05) is 4.90 Å². The number of halogens is 1. The number of hydrogen-bond acceptors (Lipinski definition) is 3. The first kappa shape index (κ1) is 16.8. The molecule has 0 radical (unpaired) electrons. The number of urea groups is 1. The number of amides is 2. The molecule has 128 valence electrons. The summed E-state index contributed by atoms with van der Waals surface area (Å²) < 4.78 is 0. The zero-order valence-electron chi connectivity index (χ0n) is 13.9. The van der Waals surface area contributed by atoms with Crippen molar-refractivity contribution in [3.05, 3.63) is 40.9 Å². The van der Waals surface area contributed by atoms with Crippen LogP contribution in [0.25, 0.3) is 0 Å². The van der Waals surface area contributed by atoms with Gasteiger partial charge in [-0.3, -0.25) is 10.1 Å². The van der Waals surface area contributed by atoms with E-state index in [1.54, 1.807) is 18.5 Å². The van der Waals surface area contributed by atoms with Gasteiger partial charge in [0.15, 0.2) is 0 Å². The van der Waals surface area contributed by atoms with Gasteiger partial charge in [0.2, 0.25) is 0 Å². The summed E-state index contributed by atoms with van der Waals surface area (Å²) in [5, 5.41) is 10.9. The molecule has 2 aromatic heterocycles. The van der Waals surface area contributed by atoms with E-state index in [1.165, 1.54) is 0 Å². The number of pyridine rings is 1. The van der Waals surface area contributed by atoms with E-state index >= 15 is 0 Å². The second-order valence-corrected chi connectivity index (χ2v) is 6.95. The monoisotopic (exact) mass is 347 g/mol. The Balaban J connectivity index is 1.65. The average Bonchev–Trinajstić information content (AvgIpc) is 3.05. The minimum Gasteiger partial charge on any atom is -0.324 e. The van der Waals surface area contributed by atoms with Gasteiger partial charge in [-0.2, -0.15) is 5.10 Å². The van der Waals surface area contributed by atoms with E-state index in [0.29, 0.717) is 29.1 Å². The topological polar surface area (TPSA) is 73.9 Å². The van der Waals surface area contributed by atoms with Crippen molar-refractivity contribution in [3.8, 4) is 0 Å². The molecular formula is C17H22ClN5O. The molecule has 2 N–H and O–H groups in total. The Morgan fingerprint density at radius 3 is 2.96 bits per heavy atom. The first-order chi connectivity index (χ1) is 11.5. The second-order valence-electron chi connectivity index (χ2n) is 6.51. The largest absolute Gasteiger partial charge is 0.324 e. The lowest BCUT2D eigenvalue weighted by Gasteiger charge is -2.32. The van der Waals surface area contributed by atoms with Crippen LogP contribution in [-0.2, 0) is 0 Å². The predicted octanol–water partition coefficient (Wildman–Crippen LogP) is 3.99. The average molecular weight is 348 g/mol. The molecule has 1 fully saturated rings. The molecular weight excluding hydrogens is 326 g/mol. The van der Waals surface area contributed by atoms with Crippen molar-refractivity contribution in [3.63, 3.8) is 0 Å². The lowest BCUT2D eigenvalue weighted by atomic mass is 9.94. The Morgan fingerprint density at radius 2 is 2.25 bits per heavy atom. The standard InChI is InChI=1S/C17H22ClN5O/c1-11(2)15-7-16(22-21-15)12-4-3-5-23(10-12)17(24)20-14-6-13(18)8-19-9-14/h6-9,11-12H,3-5,10H2,1-2H3,(H,20,24)(H,21,22). The molecule has 7 heteroatoms. The van der Waals surface area contributed by atoms with Crippen LogP contribution in [0.4, 0.5) is 10.5 Å². The predicted molar refractivity (Wildman–Crippen MR) is 94.5 cm³/mol. The van der Waals surface area contributed by atoms with Gasteiger partial charge in [0.05, 0.1) is 22.6 Å². The van der Waals surface area contributed by atoms with Crippen LogP contribution in [0.1, 0.15) is 49.9 Å². The van der Waals surface area contributed by atoms with Crippen molar-refractivity contribution in [1.29, 1.82) is 0 Å². The molecule has 1 unspecified atom stereocenters. The smallest absolute Gasteiger partial charge is 0.321 e. The van der Waals surface area contributed by atoms with Gasteiger partial charge in [-0.15, -0.1) is 0 Å². The molecule has 2 amide bonds. The molecule has 24 heavy (non-hydrogen) atoms. The Bertz CT molecular complexity index is 715. The maximum Gasteiger partial charge on any atom is 0.321 e. The number of likely N-dealkylation sites (tertiary alicyclic amines) is 1. The summed E-state index contributed by atoms with van der Waals surface area (Å²) in [5.41, 5.74) is 2.79. The molecule has 3 heterocycles. The number of nitrogens with zero attached hydrogens (tertiary/aromatic N) is 3. The van der Waals surface area contributed by atoms with Crippen LogP contribution in [0.2, 0.25) is 5.02 Å². The van der Waals surface area contributed by atoms with Crippen LogP contribution in [0.15, 0.2) is 24.5 Å². The van der Waals surface area contributed by atoms with Crippen molar-refractivity contribution in [2.24, 2.45) is 0 Å². The maximum absolute atomic E-state index is 12.5. The van der Waals surface area contributed by atoms with Crippen molar-refractivity contribution in [1.82, 2.24) is 20.1 Å². The number of carbonyl (C=O) groups is 1. The van der Waals surface area contributed by atoms with Crippen molar-refractivity contribution < 1.29 is 4.79 Å². The van der Waals surface area contributed by atoms with Crippen molar-refractivity contribution >= 4 is 23.3 Å². The third-order valence-electron chi connectivity index (χ3n) is 4.31. The van der Waals surface area contributed by atoms with Gasteiger partial charge in [-0.25, -0.2) is 4.79 Å². The Labute approximate surface area is 146 Å². The number of H-pyrrole nitrogens is 1. The van der Waals surface area contributed by atoms with E-state index < -0.39 is 0 Å². The molecule has 6 nitrogen and oxygen atoms in total. The first-order valence-corrected chi connectivity index (χ1v) is 8.62. The Morgan fingerprint density at radius 1 is 1.42 bits per heavy atom. The van der Waals surface area contributed by atoms with Crippen LogP contribution in [-0.4, -0.2) is 39.2 Å². The lowest BCUT2D eigenvalue weighted by molar-refractivity contribution is 0.192. The van der Waals surface area contributed by atoms with Crippen molar-refractivity contribution in [2.45, 2.75) is 38.5 Å². The summed E-state index contributed by atoms with van der Waals surface area (Å²) in [5.74, 6) is 0.690. The molecule has 2 aromatic rings. The molecule has 0 aromatic carbocycles. The molecule has 0 bridgehead atoms. The summed E-state index contributed by atoms with van der Waals surface area (Å²) in [4.78, 5) is 18.3. The fourth-order valence-corrected chi connectivity index (χ4v) is 3.13. The summed E-state index contributed by atoms with van der Waals surface area (Å²) in [6.07, 6.45) is 5.16. The number of piperidine rings is 1. The van der Waals surface area contributed by atoms with Crippen LogP contribution in [0.5, 0.6) is 0 Å². The van der Waals surface area contributed by atoms with Gasteiger partial charge >= 0.3 is 6.03 Å². The molecule has 1 saturated heterocycles. The van der Waals surface area contributed by atoms with Crippen LogP contribution >= 0.6 is 11.6 Å². The van der Waals surface area contributed by atoms with E-state index in [9.17, 15) is 4.79 Å². The molecule has 0 spiro atoms. The minimum atomic E-state index is -0.118. The number of carbonyl (C=O) groups excluding carboxylic acids is 1. The third kappa shape index (κ3) is 3.87. The highest BCUT2D eigenvalue weighted by atomic mass is 35.5. The number of aromatic amines is 1. The number of aromatic nitrogens is 3. The zero-order chi connectivity index (χ0) is 17.1. The molecule has 0 aliphatic carbocycles. The van der Waals surface area contributed by atoms with Gasteiger partial charge in [-0.05, 0) is 30.9 Å². The van der Waals surface area contributed by atoms with Gasteiger partial charge in [-0.1, -0.05) is 25.4 Å². The number of nitrogens with one attached hydrogen (secondary N) is 2. The number of anilines is 1. The van der Waals surface area contributed by atoms with Gasteiger partial charge < -0.3 is 10.2 Å². The van der Waals surface area contributed by atoms with Gasteiger partial charge in [0, 0.05) is 30.9 Å². The minimum absolute atomic E-state index is 0.118. The van der Waals surface area contributed by atoms with Crippen LogP contribution in [0.3, 0.4) is 0 Å². The van der Waals surface area contributed by atoms with E-state index in [0.717, 1.165) is 30.8 Å². The summed E-state index contributed by atoms with van der Waals surface area (Å²) in [6.45, 7) is 5.68. The highest BCUT2D eigenvalue weighted by Gasteiger charge is 2.26. The van der Waals surface area contributed by atoms with Gasteiger partial charge in [0.1, 0.15) is 0 Å². The third-order valence-corrected chi connectivity index (χ3v) is 4.52. The fraction of sp³-hybridized carbons (Fsp3) is 0.471. The molecule has 3 rings (SSSR count). The van der Waals surface area contributed by atoms with Crippen molar-refractivity contribution in [2.75, 3.05) is 18.4 Å². The summed E-state index contributed by atoms with van der Waals surface area (Å²) in [7, 11) is 0. The first-order valence-electron chi connectivity index (χ1n) is 8.24. The van der Waals surface area contributed by atoms with E-state index in [-0.39, 0.29) is 6.03 Å². The molecule has 1 aliphatic rings. The maximum atomic E-state index is 12.5. The highest BCUT2D eigenvalue weighted by molar-refractivity contribution is 6.30. The Kier molecular flexibility index (Phi) is 5.04. The zero-order valence-corrected chi connectivity index (χ0v) is 14.7. The van der Waals surface area contributed by atoms with Crippen LogP contribution in [0, 0.1) is 0 Å². The van der Waals surface area contributed by atoms with Gasteiger partial charge in [0.25, 0.3) is 0 Å². The van der Waals surface area contributed by atoms with E-state index in [2.05, 4.69) is 40.4 Å². The summed E-state index contributed by atoms with van der Waals surface area (Å²) >= 11 is 5.91. The molecule has 1 aliphatic heterocycles. The number of hydrogen-bond donors (Lipinski definition) is 2. The SMILES string of the molecule is CC(C)c1cc(C2CCCN(C(=O)Nc3cncc(Cl)c3)C2)[nH]n1. The highest BCUT2D eigenvalue weighted by Crippen LogP contribution is 2.27. The summed E-state index contributed by atoms with van der Waals surface area (Å²) in [6, 6.07) is 3.70. The molecule has 0 saturated carbocycles. The fourth-order valence-electron chi connectivity index (χ4n) is 2.96. The number of rotatable bonds is 3. The van der Waals surface area contributed by atoms with E-state index in [4.69, 9.17) is 11.6 Å². The quantitative estimate of drug-likeness (QED) is 0.881.